The molecule has 9 heteroatoms. The van der Waals surface area contributed by atoms with Gasteiger partial charge in [0.1, 0.15) is 12.4 Å². The molecule has 1 fully saturated rings. The molecule has 0 aliphatic carbocycles. The Morgan fingerprint density at radius 3 is 2.36 bits per heavy atom. The van der Waals surface area contributed by atoms with Gasteiger partial charge in [-0.3, -0.25) is 14.5 Å². The number of rotatable bonds is 6. The highest BCUT2D eigenvalue weighted by Crippen LogP contribution is 2.36. The third-order valence-electron chi connectivity index (χ3n) is 4.78. The molecule has 1 heterocycles. The Bertz CT molecular complexity index is 1260. The van der Waals surface area contributed by atoms with Crippen LogP contribution in [0.25, 0.3) is 6.08 Å². The molecule has 33 heavy (non-hydrogen) atoms. The number of hydrogen-bond acceptors (Lipinski definition) is 4. The van der Waals surface area contributed by atoms with E-state index in [-0.39, 0.29) is 17.7 Å². The smallest absolute Gasteiger partial charge is 0.293 e. The molecule has 0 aromatic heterocycles. The van der Waals surface area contributed by atoms with Gasteiger partial charge in [-0.1, -0.05) is 59.1 Å². The maximum Gasteiger partial charge on any atom is 0.293 e. The summed E-state index contributed by atoms with van der Waals surface area (Å²) in [5, 5.41) is 1.22. The van der Waals surface area contributed by atoms with E-state index in [2.05, 4.69) is 15.9 Å². The molecule has 1 aliphatic rings. The van der Waals surface area contributed by atoms with Crippen molar-refractivity contribution in [1.82, 2.24) is 4.90 Å². The Balaban J connectivity index is 1.45. The SMILES string of the molecule is O=C1S/C(=C/c2ccc(OCc3ccc(Cl)cc3)c(Br)c2)C(=O)N1Cc1ccc(Cl)cc1Cl. The van der Waals surface area contributed by atoms with E-state index in [1.54, 1.807) is 24.3 Å². The van der Waals surface area contributed by atoms with Gasteiger partial charge in [0.05, 0.1) is 15.9 Å². The number of benzene rings is 3. The van der Waals surface area contributed by atoms with Crippen molar-refractivity contribution >= 4 is 79.7 Å². The van der Waals surface area contributed by atoms with Crippen molar-refractivity contribution in [3.63, 3.8) is 0 Å². The largest absolute Gasteiger partial charge is 0.488 e. The van der Waals surface area contributed by atoms with Gasteiger partial charge in [-0.2, -0.15) is 0 Å². The van der Waals surface area contributed by atoms with Crippen molar-refractivity contribution in [3.8, 4) is 5.75 Å². The zero-order valence-electron chi connectivity index (χ0n) is 16.9. The van der Waals surface area contributed by atoms with Gasteiger partial charge in [0, 0.05) is 15.1 Å². The molecular formula is C24H15BrCl3NO3S. The van der Waals surface area contributed by atoms with E-state index in [0.717, 1.165) is 27.4 Å². The zero-order chi connectivity index (χ0) is 23.5. The molecule has 0 saturated carbocycles. The highest BCUT2D eigenvalue weighted by atomic mass is 79.9. The number of ether oxygens (including phenoxy) is 1. The van der Waals surface area contributed by atoms with E-state index in [1.807, 2.05) is 42.5 Å². The lowest BCUT2D eigenvalue weighted by Crippen LogP contribution is -2.27. The first kappa shape index (κ1) is 24.2. The maximum atomic E-state index is 12.8. The molecule has 2 amide bonds. The molecule has 1 aliphatic heterocycles. The number of carbonyl (C=O) groups excluding carboxylic acids is 2. The molecule has 4 rings (SSSR count). The van der Waals surface area contributed by atoms with Gasteiger partial charge >= 0.3 is 0 Å². The predicted molar refractivity (Wildman–Crippen MR) is 138 cm³/mol. The molecule has 0 spiro atoms. The summed E-state index contributed by atoms with van der Waals surface area (Å²) >= 11 is 22.4. The van der Waals surface area contributed by atoms with E-state index >= 15 is 0 Å². The van der Waals surface area contributed by atoms with Gasteiger partial charge in [0.2, 0.25) is 0 Å². The van der Waals surface area contributed by atoms with Crippen molar-refractivity contribution in [2.45, 2.75) is 13.2 Å². The highest BCUT2D eigenvalue weighted by Gasteiger charge is 2.35. The van der Waals surface area contributed by atoms with Gasteiger partial charge < -0.3 is 4.74 Å². The number of carbonyl (C=O) groups is 2. The quantitative estimate of drug-likeness (QED) is 0.274. The Labute approximate surface area is 218 Å². The molecule has 3 aromatic carbocycles. The fourth-order valence-corrected chi connectivity index (χ4v) is 5.02. The first-order valence-electron chi connectivity index (χ1n) is 9.66. The monoisotopic (exact) mass is 581 g/mol. The van der Waals surface area contributed by atoms with Crippen LogP contribution in [0.4, 0.5) is 4.79 Å². The standard InChI is InChI=1S/C24H15BrCl3NO3S/c25-19-9-15(3-8-21(19)32-13-14-1-5-17(26)6-2-14)10-22-23(30)29(24(31)33-22)12-16-4-7-18(27)11-20(16)28/h1-11H,12-13H2/b22-10+. The Morgan fingerprint density at radius 2 is 1.67 bits per heavy atom. The number of thioether (sulfide) groups is 1. The van der Waals surface area contributed by atoms with Crippen LogP contribution in [0, 0.1) is 0 Å². The normalized spacial score (nSPS) is 14.9. The minimum Gasteiger partial charge on any atom is -0.488 e. The highest BCUT2D eigenvalue weighted by molar-refractivity contribution is 9.10. The maximum absolute atomic E-state index is 12.8. The summed E-state index contributed by atoms with van der Waals surface area (Å²) in [6.07, 6.45) is 1.68. The minimum absolute atomic E-state index is 0.0825. The molecule has 4 nitrogen and oxygen atoms in total. The minimum atomic E-state index is -0.366. The number of amides is 2. The second-order valence-corrected chi connectivity index (χ2v) is 10.2. The van der Waals surface area contributed by atoms with Gasteiger partial charge in [-0.05, 0) is 86.9 Å². The van der Waals surface area contributed by atoms with Crippen LogP contribution < -0.4 is 4.74 Å². The lowest BCUT2D eigenvalue weighted by atomic mass is 10.2. The summed E-state index contributed by atoms with van der Waals surface area (Å²) in [7, 11) is 0. The molecule has 0 N–H and O–H groups in total. The Morgan fingerprint density at radius 1 is 0.939 bits per heavy atom. The summed E-state index contributed by atoms with van der Waals surface area (Å²) in [6, 6.07) is 17.9. The van der Waals surface area contributed by atoms with Crippen LogP contribution in [-0.4, -0.2) is 16.0 Å². The van der Waals surface area contributed by atoms with Crippen molar-refractivity contribution in [3.05, 3.63) is 102 Å². The summed E-state index contributed by atoms with van der Waals surface area (Å²) in [5.74, 6) is 0.294. The molecule has 3 aromatic rings. The van der Waals surface area contributed by atoms with E-state index in [4.69, 9.17) is 39.5 Å². The average Bonchev–Trinajstić information content (AvgIpc) is 3.03. The van der Waals surface area contributed by atoms with Gasteiger partial charge in [0.25, 0.3) is 11.1 Å². The fraction of sp³-hybridized carbons (Fsp3) is 0.0833. The van der Waals surface area contributed by atoms with Gasteiger partial charge in [-0.25, -0.2) is 0 Å². The first-order chi connectivity index (χ1) is 15.8. The molecule has 0 radical (unpaired) electrons. The van der Waals surface area contributed by atoms with E-state index < -0.39 is 0 Å². The summed E-state index contributed by atoms with van der Waals surface area (Å²) in [5.41, 5.74) is 2.40. The lowest BCUT2D eigenvalue weighted by Gasteiger charge is -2.13. The van der Waals surface area contributed by atoms with Crippen LogP contribution in [0.1, 0.15) is 16.7 Å². The third kappa shape index (κ3) is 5.94. The first-order valence-corrected chi connectivity index (χ1v) is 12.4. The molecule has 1 saturated heterocycles. The Kier molecular flexibility index (Phi) is 7.72. The topological polar surface area (TPSA) is 46.6 Å². The number of imide groups is 1. The van der Waals surface area contributed by atoms with Crippen molar-refractivity contribution in [2.24, 2.45) is 0 Å². The summed E-state index contributed by atoms with van der Waals surface area (Å²) < 4.78 is 6.60. The van der Waals surface area contributed by atoms with Crippen molar-refractivity contribution < 1.29 is 14.3 Å². The fourth-order valence-electron chi connectivity index (χ4n) is 3.07. The van der Waals surface area contributed by atoms with Crippen molar-refractivity contribution in [2.75, 3.05) is 0 Å². The lowest BCUT2D eigenvalue weighted by molar-refractivity contribution is -0.123. The van der Waals surface area contributed by atoms with Gasteiger partial charge in [-0.15, -0.1) is 0 Å². The van der Waals surface area contributed by atoms with Crippen LogP contribution in [0.5, 0.6) is 5.75 Å². The van der Waals surface area contributed by atoms with Crippen LogP contribution >= 0.6 is 62.5 Å². The molecule has 0 unspecified atom stereocenters. The van der Waals surface area contributed by atoms with Crippen LogP contribution in [0.15, 0.2) is 70.0 Å². The second kappa shape index (κ2) is 10.5. The van der Waals surface area contributed by atoms with E-state index in [0.29, 0.717) is 37.9 Å². The van der Waals surface area contributed by atoms with Crippen LogP contribution in [-0.2, 0) is 17.9 Å². The summed E-state index contributed by atoms with van der Waals surface area (Å²) in [6.45, 7) is 0.473. The summed E-state index contributed by atoms with van der Waals surface area (Å²) in [4.78, 5) is 26.8. The number of halogens is 4. The van der Waals surface area contributed by atoms with Crippen LogP contribution in [0.3, 0.4) is 0 Å². The van der Waals surface area contributed by atoms with Crippen molar-refractivity contribution in [1.29, 1.82) is 0 Å². The number of hydrogen-bond donors (Lipinski definition) is 0. The van der Waals surface area contributed by atoms with Crippen LogP contribution in [0.2, 0.25) is 15.1 Å². The zero-order valence-corrected chi connectivity index (χ0v) is 21.5. The van der Waals surface area contributed by atoms with E-state index in [1.165, 1.54) is 4.90 Å². The second-order valence-electron chi connectivity index (χ2n) is 7.11. The molecule has 168 valence electrons. The third-order valence-corrected chi connectivity index (χ3v) is 7.14. The van der Waals surface area contributed by atoms with E-state index in [9.17, 15) is 9.59 Å². The number of nitrogens with zero attached hydrogens (tertiary/aromatic N) is 1. The molecular weight excluding hydrogens is 569 g/mol. The van der Waals surface area contributed by atoms with Gasteiger partial charge in [0.15, 0.2) is 0 Å². The average molecular weight is 584 g/mol. The predicted octanol–water partition coefficient (Wildman–Crippen LogP) is 8.22. The Hall–Kier alpha value is -1.96. The molecule has 0 atom stereocenters. The molecule has 0 bridgehead atoms.